The summed E-state index contributed by atoms with van der Waals surface area (Å²) in [6.45, 7) is 4.92. The Morgan fingerprint density at radius 3 is 2.65 bits per heavy atom. The van der Waals surface area contributed by atoms with E-state index in [9.17, 15) is 4.79 Å². The summed E-state index contributed by atoms with van der Waals surface area (Å²) in [6, 6.07) is 10.5. The summed E-state index contributed by atoms with van der Waals surface area (Å²) in [6.07, 6.45) is 3.91. The first kappa shape index (κ1) is 15.0. The van der Waals surface area contributed by atoms with E-state index in [1.165, 1.54) is 12.0 Å². The number of carbonyl (C=O) groups excluding carboxylic acids is 1. The van der Waals surface area contributed by atoms with Crippen LogP contribution in [0.2, 0.25) is 0 Å². The van der Waals surface area contributed by atoms with Gasteiger partial charge in [0.2, 0.25) is 5.91 Å². The molecule has 1 amide bonds. The minimum atomic E-state index is -0.137. The van der Waals surface area contributed by atoms with Gasteiger partial charge in [0.05, 0.1) is 0 Å². The number of amides is 1. The van der Waals surface area contributed by atoms with Crippen LogP contribution in [0.3, 0.4) is 0 Å². The van der Waals surface area contributed by atoms with Crippen molar-refractivity contribution in [2.75, 3.05) is 6.54 Å². The van der Waals surface area contributed by atoms with E-state index >= 15 is 0 Å². The monoisotopic (exact) mass is 274 g/mol. The summed E-state index contributed by atoms with van der Waals surface area (Å²) in [4.78, 5) is 12.3. The van der Waals surface area contributed by atoms with E-state index in [4.69, 9.17) is 5.73 Å². The highest BCUT2D eigenvalue weighted by Crippen LogP contribution is 2.28. The Bertz CT molecular complexity index is 442. The second-order valence-corrected chi connectivity index (χ2v) is 6.53. The van der Waals surface area contributed by atoms with Crippen molar-refractivity contribution in [3.8, 4) is 0 Å². The molecule has 3 nitrogen and oxygen atoms in total. The Labute approximate surface area is 121 Å². The van der Waals surface area contributed by atoms with Gasteiger partial charge in [-0.1, -0.05) is 50.6 Å². The van der Waals surface area contributed by atoms with Gasteiger partial charge in [0.1, 0.15) is 0 Å². The van der Waals surface area contributed by atoms with Gasteiger partial charge >= 0.3 is 0 Å². The first-order valence-electron chi connectivity index (χ1n) is 7.58. The van der Waals surface area contributed by atoms with Gasteiger partial charge in [-0.15, -0.1) is 0 Å². The fraction of sp³-hybridized carbons (Fsp3) is 0.588. The van der Waals surface area contributed by atoms with Crippen LogP contribution in [0.4, 0.5) is 0 Å². The Kier molecular flexibility index (Phi) is 4.81. The lowest BCUT2D eigenvalue weighted by atomic mass is 9.81. The number of hydrogen-bond donors (Lipinski definition) is 2. The average molecular weight is 274 g/mol. The van der Waals surface area contributed by atoms with E-state index in [2.05, 4.69) is 31.3 Å². The Balaban J connectivity index is 1.94. The number of nitrogens with one attached hydrogen (secondary N) is 1. The van der Waals surface area contributed by atoms with Gasteiger partial charge in [-0.3, -0.25) is 4.79 Å². The summed E-state index contributed by atoms with van der Waals surface area (Å²) < 4.78 is 0. The zero-order valence-corrected chi connectivity index (χ0v) is 12.6. The van der Waals surface area contributed by atoms with Crippen molar-refractivity contribution in [2.24, 2.45) is 11.7 Å². The normalized spacial score (nSPS) is 22.8. The molecule has 1 aliphatic carbocycles. The molecule has 0 aliphatic heterocycles. The van der Waals surface area contributed by atoms with Crippen LogP contribution in [0.15, 0.2) is 30.3 Å². The minimum Gasteiger partial charge on any atom is -0.353 e. The number of benzene rings is 1. The van der Waals surface area contributed by atoms with Crippen molar-refractivity contribution < 1.29 is 4.79 Å². The molecule has 1 fully saturated rings. The summed E-state index contributed by atoms with van der Waals surface area (Å²) in [5, 5.41) is 3.19. The van der Waals surface area contributed by atoms with Crippen LogP contribution in [-0.4, -0.2) is 18.5 Å². The van der Waals surface area contributed by atoms with Crippen molar-refractivity contribution in [1.29, 1.82) is 0 Å². The van der Waals surface area contributed by atoms with E-state index in [1.807, 2.05) is 18.2 Å². The number of nitrogens with two attached hydrogens (primary N) is 1. The van der Waals surface area contributed by atoms with Crippen molar-refractivity contribution in [3.05, 3.63) is 35.9 Å². The summed E-state index contributed by atoms with van der Waals surface area (Å²) in [5.41, 5.74) is 6.84. The Hall–Kier alpha value is -1.35. The van der Waals surface area contributed by atoms with E-state index in [0.29, 0.717) is 18.9 Å². The molecule has 0 radical (unpaired) electrons. The minimum absolute atomic E-state index is 0.137. The summed E-state index contributed by atoms with van der Waals surface area (Å²) >= 11 is 0. The maximum absolute atomic E-state index is 12.3. The quantitative estimate of drug-likeness (QED) is 0.867. The lowest BCUT2D eigenvalue weighted by Crippen LogP contribution is -2.41. The molecule has 1 aliphatic rings. The Morgan fingerprint density at radius 1 is 1.30 bits per heavy atom. The molecule has 110 valence electrons. The van der Waals surface area contributed by atoms with Crippen LogP contribution in [0, 0.1) is 5.92 Å². The fourth-order valence-electron chi connectivity index (χ4n) is 3.16. The van der Waals surface area contributed by atoms with Crippen molar-refractivity contribution in [3.63, 3.8) is 0 Å². The second kappa shape index (κ2) is 6.40. The molecule has 2 unspecified atom stereocenters. The van der Waals surface area contributed by atoms with E-state index in [0.717, 1.165) is 12.8 Å². The van der Waals surface area contributed by atoms with E-state index in [-0.39, 0.29) is 17.4 Å². The topological polar surface area (TPSA) is 55.1 Å². The van der Waals surface area contributed by atoms with Gasteiger partial charge in [-0.05, 0) is 36.3 Å². The molecular formula is C17H26N2O. The smallest absolute Gasteiger partial charge is 0.221 e. The van der Waals surface area contributed by atoms with Crippen molar-refractivity contribution in [1.82, 2.24) is 5.32 Å². The lowest BCUT2D eigenvalue weighted by Gasteiger charge is -2.27. The molecule has 0 saturated heterocycles. The first-order chi connectivity index (χ1) is 9.53. The maximum Gasteiger partial charge on any atom is 0.221 e. The number of hydrogen-bond acceptors (Lipinski definition) is 2. The average Bonchev–Trinajstić information content (AvgIpc) is 2.86. The van der Waals surface area contributed by atoms with Gasteiger partial charge < -0.3 is 11.1 Å². The van der Waals surface area contributed by atoms with Gasteiger partial charge in [0, 0.05) is 12.5 Å². The molecule has 1 aromatic rings. The third kappa shape index (κ3) is 3.60. The summed E-state index contributed by atoms with van der Waals surface area (Å²) in [5.74, 6) is 0.600. The third-order valence-corrected chi connectivity index (χ3v) is 4.47. The van der Waals surface area contributed by atoms with Gasteiger partial charge in [-0.25, -0.2) is 0 Å². The molecule has 0 bridgehead atoms. The molecule has 0 heterocycles. The Morgan fingerprint density at radius 2 is 2.00 bits per heavy atom. The van der Waals surface area contributed by atoms with Crippen LogP contribution < -0.4 is 11.1 Å². The predicted octanol–water partition coefficient (Wildman–Crippen LogP) is 2.60. The van der Waals surface area contributed by atoms with Crippen LogP contribution in [0.5, 0.6) is 0 Å². The van der Waals surface area contributed by atoms with Crippen molar-refractivity contribution >= 4 is 5.91 Å². The fourth-order valence-corrected chi connectivity index (χ4v) is 3.16. The highest BCUT2D eigenvalue weighted by Gasteiger charge is 2.30. The van der Waals surface area contributed by atoms with Gasteiger partial charge in [0.15, 0.2) is 0 Å². The molecule has 0 spiro atoms. The molecule has 0 aromatic heterocycles. The number of rotatable bonds is 5. The van der Waals surface area contributed by atoms with Crippen molar-refractivity contribution in [2.45, 2.75) is 51.0 Å². The molecule has 1 saturated carbocycles. The van der Waals surface area contributed by atoms with Crippen LogP contribution in [-0.2, 0) is 10.2 Å². The molecule has 3 N–H and O–H groups in total. The van der Waals surface area contributed by atoms with Gasteiger partial charge in [0.25, 0.3) is 0 Å². The highest BCUT2D eigenvalue weighted by atomic mass is 16.1. The van der Waals surface area contributed by atoms with Crippen LogP contribution in [0.1, 0.15) is 45.1 Å². The second-order valence-electron chi connectivity index (χ2n) is 6.53. The molecule has 1 aromatic carbocycles. The third-order valence-electron chi connectivity index (χ3n) is 4.47. The molecular weight excluding hydrogens is 248 g/mol. The summed E-state index contributed by atoms with van der Waals surface area (Å²) in [7, 11) is 0. The van der Waals surface area contributed by atoms with Gasteiger partial charge in [-0.2, -0.15) is 0 Å². The van der Waals surface area contributed by atoms with Crippen LogP contribution in [0.25, 0.3) is 0 Å². The maximum atomic E-state index is 12.3. The predicted molar refractivity (Wildman–Crippen MR) is 82.4 cm³/mol. The zero-order chi connectivity index (χ0) is 14.6. The number of carbonyl (C=O) groups is 1. The SMILES string of the molecule is CC(C)(CC(=O)NC1CCCC1CN)c1ccccc1. The van der Waals surface area contributed by atoms with E-state index in [1.54, 1.807) is 0 Å². The highest BCUT2D eigenvalue weighted by molar-refractivity contribution is 5.77. The van der Waals surface area contributed by atoms with E-state index < -0.39 is 0 Å². The van der Waals surface area contributed by atoms with Crippen LogP contribution >= 0.6 is 0 Å². The first-order valence-corrected chi connectivity index (χ1v) is 7.58. The molecule has 2 rings (SSSR count). The molecule has 2 atom stereocenters. The zero-order valence-electron chi connectivity index (χ0n) is 12.6. The largest absolute Gasteiger partial charge is 0.353 e. The molecule has 20 heavy (non-hydrogen) atoms. The molecule has 3 heteroatoms. The standard InChI is InChI=1S/C17H26N2O/c1-17(2,14-8-4-3-5-9-14)11-16(20)19-15-10-6-7-13(15)12-18/h3-5,8-9,13,15H,6-7,10-12,18H2,1-2H3,(H,19,20). The lowest BCUT2D eigenvalue weighted by molar-refractivity contribution is -0.123.